The van der Waals surface area contributed by atoms with E-state index in [2.05, 4.69) is 5.32 Å². The minimum absolute atomic E-state index is 0.315. The van der Waals surface area contributed by atoms with Gasteiger partial charge in [-0.3, -0.25) is 0 Å². The van der Waals surface area contributed by atoms with Crippen LogP contribution in [0.1, 0.15) is 5.56 Å². The van der Waals surface area contributed by atoms with Gasteiger partial charge < -0.3 is 11.1 Å². The fraction of sp³-hybridized carbons (Fsp3) is 0.0769. The van der Waals surface area contributed by atoms with E-state index in [0.29, 0.717) is 22.1 Å². The first kappa shape index (κ1) is 11.7. The molecule has 88 valence electrons. The van der Waals surface area contributed by atoms with Crippen molar-refractivity contribution in [2.24, 2.45) is 0 Å². The van der Waals surface area contributed by atoms with Crippen LogP contribution in [-0.4, -0.2) is 0 Å². The fourth-order valence-electron chi connectivity index (χ4n) is 1.56. The number of halogens is 2. The molecule has 2 aromatic carbocycles. The normalized spacial score (nSPS) is 10.3. The van der Waals surface area contributed by atoms with Gasteiger partial charge in [0.1, 0.15) is 5.82 Å². The summed E-state index contributed by atoms with van der Waals surface area (Å²) in [5.41, 5.74) is 8.15. The maximum absolute atomic E-state index is 13.6. The SMILES string of the molecule is Cc1cccc(F)c1Nc1cc(Cl)ccc1N. The highest BCUT2D eigenvalue weighted by atomic mass is 35.5. The van der Waals surface area contributed by atoms with Crippen LogP contribution in [-0.2, 0) is 0 Å². The van der Waals surface area contributed by atoms with Crippen LogP contribution in [0.25, 0.3) is 0 Å². The minimum Gasteiger partial charge on any atom is -0.397 e. The molecule has 0 aliphatic rings. The van der Waals surface area contributed by atoms with Crippen LogP contribution in [0, 0.1) is 12.7 Å². The van der Waals surface area contributed by atoms with Gasteiger partial charge in [0.15, 0.2) is 0 Å². The number of para-hydroxylation sites is 1. The summed E-state index contributed by atoms with van der Waals surface area (Å²) < 4.78 is 13.6. The second kappa shape index (κ2) is 4.63. The van der Waals surface area contributed by atoms with E-state index < -0.39 is 0 Å². The lowest BCUT2D eigenvalue weighted by Crippen LogP contribution is -2.00. The van der Waals surface area contributed by atoms with E-state index in [1.807, 2.05) is 13.0 Å². The number of rotatable bonds is 2. The van der Waals surface area contributed by atoms with Gasteiger partial charge in [-0.2, -0.15) is 0 Å². The van der Waals surface area contributed by atoms with Crippen LogP contribution in [0.15, 0.2) is 36.4 Å². The Bertz CT molecular complexity index is 535. The molecule has 0 atom stereocenters. The number of nitrogens with two attached hydrogens (primary N) is 1. The van der Waals surface area contributed by atoms with Crippen molar-refractivity contribution >= 4 is 28.7 Å². The lowest BCUT2D eigenvalue weighted by atomic mass is 10.1. The molecular weight excluding hydrogens is 239 g/mol. The van der Waals surface area contributed by atoms with Gasteiger partial charge in [-0.25, -0.2) is 4.39 Å². The van der Waals surface area contributed by atoms with E-state index >= 15 is 0 Å². The maximum atomic E-state index is 13.6. The number of hydrogen-bond acceptors (Lipinski definition) is 2. The molecule has 0 unspecified atom stereocenters. The van der Waals surface area contributed by atoms with Gasteiger partial charge in [-0.15, -0.1) is 0 Å². The average molecular weight is 251 g/mol. The molecule has 0 aliphatic heterocycles. The van der Waals surface area contributed by atoms with Gasteiger partial charge in [0.2, 0.25) is 0 Å². The summed E-state index contributed by atoms with van der Waals surface area (Å²) in [6.07, 6.45) is 0. The highest BCUT2D eigenvalue weighted by molar-refractivity contribution is 6.31. The first-order valence-corrected chi connectivity index (χ1v) is 5.53. The second-order valence-corrected chi connectivity index (χ2v) is 4.22. The molecule has 0 heterocycles. The molecule has 0 amide bonds. The van der Waals surface area contributed by atoms with Gasteiger partial charge in [0.05, 0.1) is 17.1 Å². The molecule has 17 heavy (non-hydrogen) atoms. The van der Waals surface area contributed by atoms with E-state index in [0.717, 1.165) is 5.56 Å². The van der Waals surface area contributed by atoms with Crippen molar-refractivity contribution in [1.82, 2.24) is 0 Å². The van der Waals surface area contributed by atoms with Crippen LogP contribution in [0.2, 0.25) is 5.02 Å². The number of benzene rings is 2. The van der Waals surface area contributed by atoms with E-state index in [-0.39, 0.29) is 5.82 Å². The highest BCUT2D eigenvalue weighted by Gasteiger charge is 2.07. The van der Waals surface area contributed by atoms with E-state index in [1.165, 1.54) is 6.07 Å². The largest absolute Gasteiger partial charge is 0.397 e. The molecule has 0 fully saturated rings. The molecular formula is C13H12ClFN2. The highest BCUT2D eigenvalue weighted by Crippen LogP contribution is 2.29. The third-order valence-corrected chi connectivity index (χ3v) is 2.73. The maximum Gasteiger partial charge on any atom is 0.146 e. The number of nitrogens with one attached hydrogen (secondary N) is 1. The lowest BCUT2D eigenvalue weighted by molar-refractivity contribution is 0.631. The zero-order valence-electron chi connectivity index (χ0n) is 9.30. The molecule has 0 saturated heterocycles. The Morgan fingerprint density at radius 2 is 2.00 bits per heavy atom. The predicted molar refractivity (Wildman–Crippen MR) is 70.3 cm³/mol. The van der Waals surface area contributed by atoms with E-state index in [4.69, 9.17) is 17.3 Å². The summed E-state index contributed by atoms with van der Waals surface area (Å²) in [5, 5.41) is 3.52. The number of aryl methyl sites for hydroxylation is 1. The summed E-state index contributed by atoms with van der Waals surface area (Å²) in [6, 6.07) is 9.93. The smallest absolute Gasteiger partial charge is 0.146 e. The van der Waals surface area contributed by atoms with E-state index in [9.17, 15) is 4.39 Å². The Labute approximate surface area is 104 Å². The molecule has 0 aliphatic carbocycles. The van der Waals surface area contributed by atoms with E-state index in [1.54, 1.807) is 24.3 Å². The molecule has 2 aromatic rings. The average Bonchev–Trinajstić information content (AvgIpc) is 2.28. The van der Waals surface area contributed by atoms with Gasteiger partial charge in [-0.05, 0) is 36.8 Å². The quantitative estimate of drug-likeness (QED) is 0.787. The topological polar surface area (TPSA) is 38.0 Å². The number of hydrogen-bond donors (Lipinski definition) is 2. The van der Waals surface area contributed by atoms with Crippen molar-refractivity contribution in [2.45, 2.75) is 6.92 Å². The van der Waals surface area contributed by atoms with Crippen LogP contribution in [0.3, 0.4) is 0 Å². The Morgan fingerprint density at radius 3 is 2.71 bits per heavy atom. The Morgan fingerprint density at radius 1 is 1.24 bits per heavy atom. The van der Waals surface area contributed by atoms with Crippen molar-refractivity contribution in [1.29, 1.82) is 0 Å². The Hall–Kier alpha value is -1.74. The van der Waals surface area contributed by atoms with Gasteiger partial charge >= 0.3 is 0 Å². The summed E-state index contributed by atoms with van der Waals surface area (Å²) >= 11 is 5.87. The molecule has 0 aromatic heterocycles. The molecule has 0 radical (unpaired) electrons. The second-order valence-electron chi connectivity index (χ2n) is 3.79. The predicted octanol–water partition coefficient (Wildman–Crippen LogP) is 4.11. The van der Waals surface area contributed by atoms with Gasteiger partial charge in [0.25, 0.3) is 0 Å². The van der Waals surface area contributed by atoms with Crippen LogP contribution in [0.4, 0.5) is 21.5 Å². The number of anilines is 3. The first-order chi connectivity index (χ1) is 8.08. The van der Waals surface area contributed by atoms with Crippen LogP contribution in [0.5, 0.6) is 0 Å². The third-order valence-electron chi connectivity index (χ3n) is 2.50. The summed E-state index contributed by atoms with van der Waals surface area (Å²) in [5.74, 6) is -0.315. The molecule has 2 nitrogen and oxygen atoms in total. The van der Waals surface area contributed by atoms with Crippen molar-refractivity contribution in [2.75, 3.05) is 11.1 Å². The third kappa shape index (κ3) is 2.50. The Kier molecular flexibility index (Phi) is 3.20. The summed E-state index contributed by atoms with van der Waals surface area (Å²) in [7, 11) is 0. The molecule has 2 rings (SSSR count). The molecule has 0 saturated carbocycles. The minimum atomic E-state index is -0.315. The monoisotopic (exact) mass is 250 g/mol. The standard InChI is InChI=1S/C13H12ClFN2/c1-8-3-2-4-10(15)13(8)17-12-7-9(14)5-6-11(12)16/h2-7,17H,16H2,1H3. The lowest BCUT2D eigenvalue weighted by Gasteiger charge is -2.12. The fourth-order valence-corrected chi connectivity index (χ4v) is 1.73. The molecule has 4 heteroatoms. The molecule has 0 spiro atoms. The summed E-state index contributed by atoms with van der Waals surface area (Å²) in [6.45, 7) is 1.83. The van der Waals surface area contributed by atoms with Crippen LogP contribution >= 0.6 is 11.6 Å². The van der Waals surface area contributed by atoms with Crippen molar-refractivity contribution in [3.05, 3.63) is 52.8 Å². The molecule has 0 bridgehead atoms. The van der Waals surface area contributed by atoms with Crippen molar-refractivity contribution in [3.63, 3.8) is 0 Å². The Balaban J connectivity index is 2.41. The molecule has 3 N–H and O–H groups in total. The van der Waals surface area contributed by atoms with Gasteiger partial charge in [-0.1, -0.05) is 23.7 Å². The zero-order valence-corrected chi connectivity index (χ0v) is 10.1. The number of nitrogen functional groups attached to an aromatic ring is 1. The van der Waals surface area contributed by atoms with Gasteiger partial charge in [0, 0.05) is 5.02 Å². The summed E-state index contributed by atoms with van der Waals surface area (Å²) in [4.78, 5) is 0. The zero-order chi connectivity index (χ0) is 12.4. The first-order valence-electron chi connectivity index (χ1n) is 5.15. The van der Waals surface area contributed by atoms with Crippen molar-refractivity contribution in [3.8, 4) is 0 Å². The van der Waals surface area contributed by atoms with Crippen molar-refractivity contribution < 1.29 is 4.39 Å². The van der Waals surface area contributed by atoms with Crippen LogP contribution < -0.4 is 11.1 Å².